The number of esters is 1. The molecule has 2 aromatic heterocycles. The lowest BCUT2D eigenvalue weighted by atomic mass is 10.1. The summed E-state index contributed by atoms with van der Waals surface area (Å²) in [7, 11) is 0. The highest BCUT2D eigenvalue weighted by atomic mass is 16.5. The van der Waals surface area contributed by atoms with Gasteiger partial charge in [0.2, 0.25) is 0 Å². The number of pyridine rings is 1. The molecular weight excluding hydrogens is 296 g/mol. The Morgan fingerprint density at radius 2 is 2.22 bits per heavy atom. The number of hydrogen-bond acceptors (Lipinski definition) is 6. The monoisotopic (exact) mass is 320 g/mol. The fraction of sp³-hybridized carbons (Fsp3) is 0.562. The molecule has 1 unspecified atom stereocenters. The molecule has 7 nitrogen and oxygen atoms in total. The van der Waals surface area contributed by atoms with Gasteiger partial charge in [-0.15, -0.1) is 0 Å². The van der Waals surface area contributed by atoms with Crippen molar-refractivity contribution in [2.45, 2.75) is 46.8 Å². The predicted molar refractivity (Wildman–Crippen MR) is 88.7 cm³/mol. The minimum absolute atomic E-state index is 0.303. The van der Waals surface area contributed by atoms with E-state index in [2.05, 4.69) is 15.4 Å². The Kier molecular flexibility index (Phi) is 5.54. The third kappa shape index (κ3) is 3.61. The summed E-state index contributed by atoms with van der Waals surface area (Å²) < 4.78 is 6.95. The second kappa shape index (κ2) is 7.41. The maximum absolute atomic E-state index is 12.3. The molecule has 0 aliphatic rings. The van der Waals surface area contributed by atoms with Gasteiger partial charge in [0.25, 0.3) is 0 Å². The number of aliphatic hydroxyl groups excluding tert-OH is 1. The molecular formula is C16H24N4O3. The molecule has 0 aliphatic heterocycles. The van der Waals surface area contributed by atoms with E-state index >= 15 is 0 Å². The van der Waals surface area contributed by atoms with Crippen molar-refractivity contribution in [1.82, 2.24) is 14.8 Å². The first kappa shape index (κ1) is 17.2. The van der Waals surface area contributed by atoms with Gasteiger partial charge in [-0.3, -0.25) is 0 Å². The summed E-state index contributed by atoms with van der Waals surface area (Å²) in [5.74, 6) is -0.400. The second-order valence-corrected chi connectivity index (χ2v) is 5.43. The Morgan fingerprint density at radius 3 is 2.83 bits per heavy atom. The molecule has 23 heavy (non-hydrogen) atoms. The quantitative estimate of drug-likeness (QED) is 0.760. The van der Waals surface area contributed by atoms with Crippen LogP contribution in [0.4, 0.5) is 5.69 Å². The Morgan fingerprint density at radius 1 is 1.48 bits per heavy atom. The Bertz CT molecular complexity index is 694. The fourth-order valence-corrected chi connectivity index (χ4v) is 2.48. The summed E-state index contributed by atoms with van der Waals surface area (Å²) in [4.78, 5) is 16.8. The van der Waals surface area contributed by atoms with E-state index in [1.54, 1.807) is 31.6 Å². The lowest BCUT2D eigenvalue weighted by Gasteiger charge is -2.15. The molecule has 0 radical (unpaired) electrons. The van der Waals surface area contributed by atoms with Gasteiger partial charge >= 0.3 is 5.97 Å². The maximum atomic E-state index is 12.3. The molecule has 1 atom stereocenters. The summed E-state index contributed by atoms with van der Waals surface area (Å²) in [6.45, 7) is 8.83. The van der Waals surface area contributed by atoms with Crippen molar-refractivity contribution in [3.8, 4) is 0 Å². The third-order valence-electron chi connectivity index (χ3n) is 3.61. The van der Waals surface area contributed by atoms with Gasteiger partial charge < -0.3 is 15.2 Å². The molecule has 0 aliphatic carbocycles. The van der Waals surface area contributed by atoms with Crippen LogP contribution in [-0.2, 0) is 11.3 Å². The van der Waals surface area contributed by atoms with Crippen molar-refractivity contribution < 1.29 is 14.6 Å². The molecule has 0 aromatic carbocycles. The molecule has 2 rings (SSSR count). The number of rotatable bonds is 7. The molecule has 0 spiro atoms. The van der Waals surface area contributed by atoms with Gasteiger partial charge in [0.1, 0.15) is 5.56 Å². The van der Waals surface area contributed by atoms with Crippen LogP contribution < -0.4 is 5.32 Å². The van der Waals surface area contributed by atoms with Gasteiger partial charge in [-0.25, -0.2) is 14.5 Å². The summed E-state index contributed by atoms with van der Waals surface area (Å²) >= 11 is 0. The third-order valence-corrected chi connectivity index (χ3v) is 3.61. The molecule has 2 aromatic rings. The highest BCUT2D eigenvalue weighted by Gasteiger charge is 2.22. The van der Waals surface area contributed by atoms with Crippen LogP contribution in [0.15, 0.2) is 6.20 Å². The number of ether oxygens (including phenoxy) is 1. The number of carbonyl (C=O) groups is 1. The van der Waals surface area contributed by atoms with Gasteiger partial charge in [0.05, 0.1) is 35.7 Å². The summed E-state index contributed by atoms with van der Waals surface area (Å²) in [5, 5.41) is 17.8. The minimum atomic E-state index is -0.412. The zero-order valence-electron chi connectivity index (χ0n) is 14.1. The van der Waals surface area contributed by atoms with Gasteiger partial charge in [-0.05, 0) is 34.1 Å². The number of aromatic nitrogens is 3. The number of anilines is 1. The van der Waals surface area contributed by atoms with Crippen molar-refractivity contribution in [2.24, 2.45) is 0 Å². The van der Waals surface area contributed by atoms with Gasteiger partial charge in [0, 0.05) is 13.1 Å². The van der Waals surface area contributed by atoms with Gasteiger partial charge in [-0.1, -0.05) is 0 Å². The van der Waals surface area contributed by atoms with Crippen LogP contribution >= 0.6 is 0 Å². The smallest absolute Gasteiger partial charge is 0.342 e. The molecule has 0 saturated heterocycles. The number of hydrogen-bond donors (Lipinski definition) is 2. The predicted octanol–water partition coefficient (Wildman–Crippen LogP) is 2.12. The highest BCUT2D eigenvalue weighted by molar-refractivity contribution is 6.05. The van der Waals surface area contributed by atoms with Crippen molar-refractivity contribution in [3.63, 3.8) is 0 Å². The number of nitrogens with zero attached hydrogens (tertiary/aromatic N) is 3. The number of fused-ring (bicyclic) bond motifs is 1. The molecule has 126 valence electrons. The Hall–Kier alpha value is -2.15. The molecule has 2 heterocycles. The average Bonchev–Trinajstić information content (AvgIpc) is 2.89. The number of nitrogens with one attached hydrogen (secondary N) is 1. The first-order chi connectivity index (χ1) is 11.0. The number of carbonyl (C=O) groups excluding carboxylic acids is 1. The maximum Gasteiger partial charge on any atom is 0.342 e. The topological polar surface area (TPSA) is 89.3 Å². The van der Waals surface area contributed by atoms with E-state index in [1.165, 1.54) is 0 Å². The first-order valence-corrected chi connectivity index (χ1v) is 7.94. The summed E-state index contributed by atoms with van der Waals surface area (Å²) in [5.41, 5.74) is 2.44. The zero-order valence-corrected chi connectivity index (χ0v) is 14.1. The highest BCUT2D eigenvalue weighted by Crippen LogP contribution is 2.29. The van der Waals surface area contributed by atoms with E-state index in [9.17, 15) is 9.90 Å². The zero-order chi connectivity index (χ0) is 17.0. The van der Waals surface area contributed by atoms with Crippen LogP contribution in [0.2, 0.25) is 0 Å². The molecule has 7 heteroatoms. The molecule has 0 bridgehead atoms. The van der Waals surface area contributed by atoms with Gasteiger partial charge in [-0.2, -0.15) is 5.10 Å². The summed E-state index contributed by atoms with van der Waals surface area (Å²) in [6, 6.07) is 0. The Labute approximate surface area is 135 Å². The standard InChI is InChI=1S/C16H24N4O3/c1-5-20-15-12(9-18-20)14(17-8-7-10(3)21)13(11(4)19-15)16(22)23-6-2/h9-10,21H,5-8H2,1-4H3,(H,17,19). The lowest BCUT2D eigenvalue weighted by molar-refractivity contribution is 0.0526. The van der Waals surface area contributed by atoms with Crippen LogP contribution in [-0.4, -0.2) is 45.1 Å². The van der Waals surface area contributed by atoms with E-state index in [0.29, 0.717) is 43.1 Å². The van der Waals surface area contributed by atoms with Crippen molar-refractivity contribution in [1.29, 1.82) is 0 Å². The second-order valence-electron chi connectivity index (χ2n) is 5.43. The number of aryl methyl sites for hydroxylation is 2. The normalized spacial score (nSPS) is 12.4. The van der Waals surface area contributed by atoms with Crippen molar-refractivity contribution in [3.05, 3.63) is 17.5 Å². The average molecular weight is 320 g/mol. The van der Waals surface area contributed by atoms with Crippen LogP contribution in [0.25, 0.3) is 11.0 Å². The lowest BCUT2D eigenvalue weighted by Crippen LogP contribution is -2.16. The van der Waals surface area contributed by atoms with Crippen LogP contribution in [0.3, 0.4) is 0 Å². The van der Waals surface area contributed by atoms with Crippen molar-refractivity contribution in [2.75, 3.05) is 18.5 Å². The molecule has 0 saturated carbocycles. The molecule has 0 fully saturated rings. The van der Waals surface area contributed by atoms with E-state index < -0.39 is 12.1 Å². The van der Waals surface area contributed by atoms with Crippen LogP contribution in [0, 0.1) is 6.92 Å². The van der Waals surface area contributed by atoms with Gasteiger partial charge in [0.15, 0.2) is 5.65 Å². The largest absolute Gasteiger partial charge is 0.462 e. The minimum Gasteiger partial charge on any atom is -0.462 e. The summed E-state index contributed by atoms with van der Waals surface area (Å²) in [6.07, 6.45) is 1.87. The fourth-order valence-electron chi connectivity index (χ4n) is 2.48. The first-order valence-electron chi connectivity index (χ1n) is 7.94. The van der Waals surface area contributed by atoms with Crippen LogP contribution in [0.5, 0.6) is 0 Å². The molecule has 2 N–H and O–H groups in total. The number of aliphatic hydroxyl groups is 1. The van der Waals surface area contributed by atoms with Crippen LogP contribution in [0.1, 0.15) is 43.2 Å². The SMILES string of the molecule is CCOC(=O)c1c(C)nc2c(cnn2CC)c1NCCC(C)O. The molecule has 0 amide bonds. The van der Waals surface area contributed by atoms with E-state index in [0.717, 1.165) is 11.0 Å². The Balaban J connectivity index is 2.53. The van der Waals surface area contributed by atoms with E-state index in [1.807, 2.05) is 6.92 Å². The van der Waals surface area contributed by atoms with Crippen molar-refractivity contribution >= 4 is 22.7 Å². The van der Waals surface area contributed by atoms with E-state index in [-0.39, 0.29) is 0 Å². The van der Waals surface area contributed by atoms with E-state index in [4.69, 9.17) is 4.74 Å².